The number of nitrogens with zero attached hydrogens (tertiary/aromatic N) is 1. The Hall–Kier alpha value is -2.18. The van der Waals surface area contributed by atoms with Gasteiger partial charge in [0.05, 0.1) is 4.92 Å². The van der Waals surface area contributed by atoms with Crippen molar-refractivity contribution < 1.29 is 9.72 Å². The van der Waals surface area contributed by atoms with Crippen LogP contribution in [0.2, 0.25) is 0 Å². The van der Waals surface area contributed by atoms with E-state index in [1.165, 1.54) is 6.07 Å². The quantitative estimate of drug-likeness (QED) is 0.398. The number of hydrogen-bond donors (Lipinski definition) is 1. The zero-order chi connectivity index (χ0) is 15.7. The SMILES string of the molecule is O=C1Nc2ccc(CCCl)cc2C1=Cc1csc([N+](=O)[O-])c1. The number of halogens is 1. The normalized spacial score (nSPS) is 15.0. The molecule has 1 aromatic carbocycles. The van der Waals surface area contributed by atoms with Crippen LogP contribution in [0.25, 0.3) is 11.6 Å². The number of carbonyl (C=O) groups is 1. The van der Waals surface area contributed by atoms with Gasteiger partial charge in [0.15, 0.2) is 0 Å². The van der Waals surface area contributed by atoms with E-state index in [-0.39, 0.29) is 10.9 Å². The lowest BCUT2D eigenvalue weighted by Gasteiger charge is -2.02. The first kappa shape index (κ1) is 14.7. The second kappa shape index (κ2) is 5.90. The molecule has 7 heteroatoms. The fraction of sp³-hybridized carbons (Fsp3) is 0.133. The molecule has 0 saturated carbocycles. The van der Waals surface area contributed by atoms with Gasteiger partial charge in [0.1, 0.15) is 0 Å². The van der Waals surface area contributed by atoms with Crippen LogP contribution in [0, 0.1) is 10.1 Å². The van der Waals surface area contributed by atoms with Gasteiger partial charge in [-0.25, -0.2) is 0 Å². The largest absolute Gasteiger partial charge is 0.324 e. The van der Waals surface area contributed by atoms with Crippen LogP contribution in [0.4, 0.5) is 10.7 Å². The molecule has 1 N–H and O–H groups in total. The number of thiophene rings is 1. The molecule has 0 spiro atoms. The summed E-state index contributed by atoms with van der Waals surface area (Å²) in [5.41, 5.74) is 3.77. The predicted molar refractivity (Wildman–Crippen MR) is 88.3 cm³/mol. The van der Waals surface area contributed by atoms with E-state index < -0.39 is 4.92 Å². The second-order valence-corrected chi connectivity index (χ2v) is 6.07. The summed E-state index contributed by atoms with van der Waals surface area (Å²) in [5, 5.41) is 15.3. The molecule has 0 aliphatic carbocycles. The first-order valence-corrected chi connectivity index (χ1v) is 7.95. The van der Waals surface area contributed by atoms with Crippen molar-refractivity contribution in [1.82, 2.24) is 0 Å². The van der Waals surface area contributed by atoms with E-state index >= 15 is 0 Å². The van der Waals surface area contributed by atoms with E-state index in [2.05, 4.69) is 5.32 Å². The zero-order valence-corrected chi connectivity index (χ0v) is 12.9. The molecule has 1 aliphatic rings. The average Bonchev–Trinajstić information content (AvgIpc) is 3.06. The van der Waals surface area contributed by atoms with Crippen molar-refractivity contribution in [2.75, 3.05) is 11.2 Å². The molecule has 1 aliphatic heterocycles. The average molecular weight is 335 g/mol. The maximum absolute atomic E-state index is 12.1. The smallest absolute Gasteiger partial charge is 0.321 e. The number of alkyl halides is 1. The van der Waals surface area contributed by atoms with E-state index in [4.69, 9.17) is 11.6 Å². The van der Waals surface area contributed by atoms with Crippen molar-refractivity contribution in [3.8, 4) is 0 Å². The van der Waals surface area contributed by atoms with Gasteiger partial charge in [0.2, 0.25) is 0 Å². The topological polar surface area (TPSA) is 72.2 Å². The molecule has 3 rings (SSSR count). The van der Waals surface area contributed by atoms with E-state index in [9.17, 15) is 14.9 Å². The summed E-state index contributed by atoms with van der Waals surface area (Å²) in [7, 11) is 0. The first-order chi connectivity index (χ1) is 10.6. The summed E-state index contributed by atoms with van der Waals surface area (Å²) in [6.07, 6.45) is 2.40. The number of hydrogen-bond acceptors (Lipinski definition) is 4. The number of amides is 1. The highest BCUT2D eigenvalue weighted by Gasteiger charge is 2.24. The summed E-state index contributed by atoms with van der Waals surface area (Å²) in [4.78, 5) is 22.4. The maximum atomic E-state index is 12.1. The van der Waals surface area contributed by atoms with Gasteiger partial charge in [-0.3, -0.25) is 14.9 Å². The number of carbonyl (C=O) groups excluding carboxylic acids is 1. The van der Waals surface area contributed by atoms with Crippen molar-refractivity contribution in [2.45, 2.75) is 6.42 Å². The number of fused-ring (bicyclic) bond motifs is 1. The number of aryl methyl sites for hydroxylation is 1. The molecule has 112 valence electrons. The molecule has 0 radical (unpaired) electrons. The van der Waals surface area contributed by atoms with Crippen LogP contribution in [0.1, 0.15) is 16.7 Å². The molecule has 2 heterocycles. The number of rotatable bonds is 4. The highest BCUT2D eigenvalue weighted by Crippen LogP contribution is 2.35. The minimum Gasteiger partial charge on any atom is -0.321 e. The van der Waals surface area contributed by atoms with Crippen LogP contribution in [0.15, 0.2) is 29.6 Å². The van der Waals surface area contributed by atoms with Crippen molar-refractivity contribution in [1.29, 1.82) is 0 Å². The number of anilines is 1. The van der Waals surface area contributed by atoms with Crippen LogP contribution >= 0.6 is 22.9 Å². The first-order valence-electron chi connectivity index (χ1n) is 6.53. The molecule has 22 heavy (non-hydrogen) atoms. The molecule has 1 amide bonds. The van der Waals surface area contributed by atoms with E-state index in [1.54, 1.807) is 11.5 Å². The molecular weight excluding hydrogens is 324 g/mol. The predicted octanol–water partition coefficient (Wildman–Crippen LogP) is 3.93. The number of benzene rings is 1. The molecule has 2 aromatic rings. The molecule has 0 unspecified atom stereocenters. The maximum Gasteiger partial charge on any atom is 0.324 e. The van der Waals surface area contributed by atoms with Gasteiger partial charge in [0.25, 0.3) is 5.91 Å². The summed E-state index contributed by atoms with van der Waals surface area (Å²) in [6, 6.07) is 7.18. The van der Waals surface area contributed by atoms with Crippen molar-refractivity contribution in [2.24, 2.45) is 0 Å². The third kappa shape index (κ3) is 2.75. The fourth-order valence-electron chi connectivity index (χ4n) is 2.32. The summed E-state index contributed by atoms with van der Waals surface area (Å²) < 4.78 is 0. The van der Waals surface area contributed by atoms with E-state index in [0.717, 1.165) is 34.6 Å². The molecular formula is C15H11ClN2O3S. The summed E-state index contributed by atoms with van der Waals surface area (Å²) >= 11 is 6.80. The molecule has 0 fully saturated rings. The fourth-order valence-corrected chi connectivity index (χ4v) is 3.22. The van der Waals surface area contributed by atoms with Gasteiger partial charge in [-0.2, -0.15) is 0 Å². The van der Waals surface area contributed by atoms with E-state index in [0.29, 0.717) is 17.0 Å². The minimum absolute atomic E-state index is 0.0568. The molecule has 5 nitrogen and oxygen atoms in total. The Morgan fingerprint density at radius 3 is 2.86 bits per heavy atom. The lowest BCUT2D eigenvalue weighted by atomic mass is 10.0. The van der Waals surface area contributed by atoms with Crippen LogP contribution in [0.5, 0.6) is 0 Å². The van der Waals surface area contributed by atoms with Gasteiger partial charge >= 0.3 is 5.00 Å². The van der Waals surface area contributed by atoms with Crippen molar-refractivity contribution >= 4 is 51.2 Å². The Bertz CT molecular complexity index is 798. The monoisotopic (exact) mass is 334 g/mol. The lowest BCUT2D eigenvalue weighted by Crippen LogP contribution is -2.03. The number of nitrogens with one attached hydrogen (secondary N) is 1. The Kier molecular flexibility index (Phi) is 3.96. The highest BCUT2D eigenvalue weighted by atomic mass is 35.5. The van der Waals surface area contributed by atoms with Crippen LogP contribution in [0.3, 0.4) is 0 Å². The highest BCUT2D eigenvalue weighted by molar-refractivity contribution is 7.13. The van der Waals surface area contributed by atoms with Gasteiger partial charge < -0.3 is 5.32 Å². The molecule has 1 aromatic heterocycles. The summed E-state index contributed by atoms with van der Waals surface area (Å²) in [6.45, 7) is 0. The molecule has 0 atom stereocenters. The van der Waals surface area contributed by atoms with Crippen molar-refractivity contribution in [3.05, 3.63) is 56.5 Å². The van der Waals surface area contributed by atoms with Crippen LogP contribution < -0.4 is 5.32 Å². The van der Waals surface area contributed by atoms with Gasteiger partial charge in [-0.1, -0.05) is 17.4 Å². The Morgan fingerprint density at radius 1 is 1.36 bits per heavy atom. The number of nitro groups is 1. The third-order valence-corrected chi connectivity index (χ3v) is 4.43. The lowest BCUT2D eigenvalue weighted by molar-refractivity contribution is -0.380. The molecule has 0 saturated heterocycles. The second-order valence-electron chi connectivity index (χ2n) is 4.81. The summed E-state index contributed by atoms with van der Waals surface area (Å²) in [5.74, 6) is 0.308. The Morgan fingerprint density at radius 2 is 2.18 bits per heavy atom. The van der Waals surface area contributed by atoms with E-state index in [1.807, 2.05) is 18.2 Å². The van der Waals surface area contributed by atoms with Crippen LogP contribution in [-0.2, 0) is 11.2 Å². The Balaban J connectivity index is 2.00. The Labute approximate surface area is 135 Å². The van der Waals surface area contributed by atoms with Gasteiger partial charge in [-0.15, -0.1) is 11.6 Å². The van der Waals surface area contributed by atoms with Crippen molar-refractivity contribution in [3.63, 3.8) is 0 Å². The van der Waals surface area contributed by atoms with Gasteiger partial charge in [-0.05, 0) is 35.8 Å². The molecule has 0 bridgehead atoms. The van der Waals surface area contributed by atoms with Crippen LogP contribution in [-0.4, -0.2) is 16.7 Å². The minimum atomic E-state index is -0.437. The zero-order valence-electron chi connectivity index (χ0n) is 11.3. The van der Waals surface area contributed by atoms with Gasteiger partial charge in [0, 0.05) is 34.2 Å². The third-order valence-electron chi connectivity index (χ3n) is 3.35. The standard InChI is InChI=1S/C15H11ClN2O3S/c16-4-3-9-1-2-13-11(5-9)12(15(19)17-13)6-10-7-14(18(20)21)22-8-10/h1-2,5-8H,3-4H2,(H,17,19).